The number of nitriles is 1. The maximum Gasteiger partial charge on any atom is 0.248 e. The number of likely N-dealkylation sites (tertiary alicyclic amines) is 2. The number of amides is 1. The van der Waals surface area contributed by atoms with Crippen LogP contribution in [0, 0.1) is 22.7 Å². The Morgan fingerprint density at radius 2 is 2.16 bits per heavy atom. The van der Waals surface area contributed by atoms with Crippen LogP contribution < -0.4 is 0 Å². The summed E-state index contributed by atoms with van der Waals surface area (Å²) in [5.41, 5.74) is 1.59. The fraction of sp³-hybridized carbons (Fsp3) is 0.579. The van der Waals surface area contributed by atoms with Gasteiger partial charge in [0.05, 0.1) is 18.2 Å². The quantitative estimate of drug-likeness (QED) is 0.858. The summed E-state index contributed by atoms with van der Waals surface area (Å²) in [4.78, 5) is 16.3. The van der Waals surface area contributed by atoms with Crippen LogP contribution in [0.15, 0.2) is 24.3 Å². The maximum absolute atomic E-state index is 12.2. The summed E-state index contributed by atoms with van der Waals surface area (Å²) in [6, 6.07) is 9.78. The van der Waals surface area contributed by atoms with Crippen LogP contribution >= 0.6 is 0 Å². The molecule has 0 aromatic heterocycles. The zero-order valence-electron chi connectivity index (χ0n) is 14.6. The van der Waals surface area contributed by atoms with E-state index in [1.54, 1.807) is 0 Å². The Hall–Kier alpha value is -1.94. The lowest BCUT2D eigenvalue weighted by atomic mass is 9.74. The van der Waals surface area contributed by atoms with Crippen molar-refractivity contribution in [2.45, 2.75) is 13.0 Å². The highest BCUT2D eigenvalue weighted by molar-refractivity contribution is 5.77. The second-order valence-corrected chi connectivity index (χ2v) is 7.23. The topological polar surface area (TPSA) is 76.8 Å². The van der Waals surface area contributed by atoms with E-state index in [1.807, 2.05) is 29.2 Å². The number of piperidine rings is 1. The Kier molecular flexibility index (Phi) is 5.38. The number of fused-ring (bicyclic) bond motifs is 1. The van der Waals surface area contributed by atoms with Gasteiger partial charge in [0.2, 0.25) is 5.91 Å². The van der Waals surface area contributed by atoms with Crippen molar-refractivity contribution < 1.29 is 14.6 Å². The fourth-order valence-electron chi connectivity index (χ4n) is 4.18. The largest absolute Gasteiger partial charge is 0.396 e. The molecule has 2 aliphatic heterocycles. The van der Waals surface area contributed by atoms with Crippen molar-refractivity contribution in [1.82, 2.24) is 9.80 Å². The van der Waals surface area contributed by atoms with Gasteiger partial charge in [0.25, 0.3) is 0 Å². The first kappa shape index (κ1) is 17.9. The molecule has 2 saturated heterocycles. The minimum atomic E-state index is -0.242. The minimum Gasteiger partial charge on any atom is -0.396 e. The molecule has 0 radical (unpaired) electrons. The molecule has 1 aromatic carbocycles. The van der Waals surface area contributed by atoms with Crippen LogP contribution in [-0.2, 0) is 16.1 Å². The second kappa shape index (κ2) is 7.52. The smallest absolute Gasteiger partial charge is 0.248 e. The SMILES string of the molecule is COCC(=O)N1C[C@@H]2CCN(Cc3ccc(C#N)cc3)C[C@]2(CO)C1. The van der Waals surface area contributed by atoms with Crippen LogP contribution in [0.4, 0.5) is 0 Å². The molecule has 2 heterocycles. The van der Waals surface area contributed by atoms with Crippen molar-refractivity contribution in [1.29, 1.82) is 5.26 Å². The molecule has 2 fully saturated rings. The minimum absolute atomic E-state index is 0.00312. The third kappa shape index (κ3) is 3.69. The monoisotopic (exact) mass is 343 g/mol. The predicted octanol–water partition coefficient (Wildman–Crippen LogP) is 0.847. The van der Waals surface area contributed by atoms with Gasteiger partial charge >= 0.3 is 0 Å². The molecule has 1 N–H and O–H groups in total. The zero-order chi connectivity index (χ0) is 17.9. The van der Waals surface area contributed by atoms with E-state index in [-0.39, 0.29) is 24.5 Å². The summed E-state index contributed by atoms with van der Waals surface area (Å²) in [5.74, 6) is 0.346. The number of rotatable bonds is 5. The average molecular weight is 343 g/mol. The van der Waals surface area contributed by atoms with Gasteiger partial charge in [0, 0.05) is 38.7 Å². The van der Waals surface area contributed by atoms with Gasteiger partial charge in [-0.25, -0.2) is 0 Å². The van der Waals surface area contributed by atoms with Crippen LogP contribution in [-0.4, -0.2) is 67.3 Å². The van der Waals surface area contributed by atoms with Crippen LogP contribution in [0.2, 0.25) is 0 Å². The summed E-state index contributed by atoms with van der Waals surface area (Å²) in [6.45, 7) is 4.05. The average Bonchev–Trinajstić information content (AvgIpc) is 3.02. The van der Waals surface area contributed by atoms with Crippen LogP contribution in [0.3, 0.4) is 0 Å². The Morgan fingerprint density at radius 1 is 1.40 bits per heavy atom. The number of methoxy groups -OCH3 is 1. The van der Waals surface area contributed by atoms with Crippen LogP contribution in [0.5, 0.6) is 0 Å². The number of aliphatic hydroxyl groups is 1. The molecule has 1 aromatic rings. The number of hydrogen-bond acceptors (Lipinski definition) is 5. The lowest BCUT2D eigenvalue weighted by Gasteiger charge is -2.43. The normalized spacial score (nSPS) is 26.3. The molecule has 1 amide bonds. The molecule has 0 spiro atoms. The number of carbonyl (C=O) groups excluding carboxylic acids is 1. The summed E-state index contributed by atoms with van der Waals surface area (Å²) < 4.78 is 4.97. The zero-order valence-corrected chi connectivity index (χ0v) is 14.6. The van der Waals surface area contributed by atoms with Crippen molar-refractivity contribution in [3.8, 4) is 6.07 Å². The Bertz CT molecular complexity index is 655. The van der Waals surface area contributed by atoms with Crippen molar-refractivity contribution >= 4 is 5.91 Å². The lowest BCUT2D eigenvalue weighted by molar-refractivity contribution is -0.134. The Labute approximate surface area is 148 Å². The number of ether oxygens (including phenoxy) is 1. The number of nitrogens with zero attached hydrogens (tertiary/aromatic N) is 3. The molecular weight excluding hydrogens is 318 g/mol. The summed E-state index contributed by atoms with van der Waals surface area (Å²) in [7, 11) is 1.53. The molecule has 6 nitrogen and oxygen atoms in total. The van der Waals surface area contributed by atoms with Gasteiger partial charge in [-0.15, -0.1) is 0 Å². The molecule has 2 atom stereocenters. The van der Waals surface area contributed by atoms with Crippen molar-refractivity contribution in [2.24, 2.45) is 11.3 Å². The maximum atomic E-state index is 12.2. The summed E-state index contributed by atoms with van der Waals surface area (Å²) in [6.07, 6.45) is 0.980. The highest BCUT2D eigenvalue weighted by atomic mass is 16.5. The van der Waals surface area contributed by atoms with Crippen LogP contribution in [0.25, 0.3) is 0 Å². The van der Waals surface area contributed by atoms with Gasteiger partial charge in [0.1, 0.15) is 6.61 Å². The van der Waals surface area contributed by atoms with Gasteiger partial charge in [-0.05, 0) is 36.6 Å². The highest BCUT2D eigenvalue weighted by Gasteiger charge is 2.50. The standard InChI is InChI=1S/C19H25N3O3/c1-25-11-18(24)22-10-17-6-7-21(12-19(17,13-22)14-23)9-16-4-2-15(8-20)3-5-16/h2-5,17,23H,6-7,9-14H2,1H3/t17-,19+/m0/s1. The first-order valence-corrected chi connectivity index (χ1v) is 8.69. The molecule has 0 bridgehead atoms. The second-order valence-electron chi connectivity index (χ2n) is 7.23. The number of benzene rings is 1. The Morgan fingerprint density at radius 3 is 2.80 bits per heavy atom. The lowest BCUT2D eigenvalue weighted by Crippen LogP contribution is -2.50. The van der Waals surface area contributed by atoms with E-state index in [0.717, 1.165) is 31.6 Å². The third-order valence-electron chi connectivity index (χ3n) is 5.57. The predicted molar refractivity (Wildman–Crippen MR) is 92.5 cm³/mol. The number of aliphatic hydroxyl groups excluding tert-OH is 1. The van der Waals surface area contributed by atoms with Gasteiger partial charge in [-0.3, -0.25) is 9.69 Å². The van der Waals surface area contributed by atoms with Gasteiger partial charge < -0.3 is 14.7 Å². The molecule has 6 heteroatoms. The molecular formula is C19H25N3O3. The van der Waals surface area contributed by atoms with E-state index in [0.29, 0.717) is 24.6 Å². The van der Waals surface area contributed by atoms with E-state index >= 15 is 0 Å². The van der Waals surface area contributed by atoms with Crippen molar-refractivity contribution in [2.75, 3.05) is 46.5 Å². The van der Waals surface area contributed by atoms with Gasteiger partial charge in [-0.2, -0.15) is 5.26 Å². The van der Waals surface area contributed by atoms with E-state index < -0.39 is 0 Å². The molecule has 2 aliphatic rings. The first-order chi connectivity index (χ1) is 12.1. The molecule has 0 unspecified atom stereocenters. The fourth-order valence-corrected chi connectivity index (χ4v) is 4.18. The molecule has 3 rings (SSSR count). The van der Waals surface area contributed by atoms with E-state index in [4.69, 9.17) is 10.00 Å². The van der Waals surface area contributed by atoms with Gasteiger partial charge in [0.15, 0.2) is 0 Å². The molecule has 0 aliphatic carbocycles. The van der Waals surface area contributed by atoms with Crippen molar-refractivity contribution in [3.05, 3.63) is 35.4 Å². The van der Waals surface area contributed by atoms with E-state index in [9.17, 15) is 9.90 Å². The van der Waals surface area contributed by atoms with Crippen molar-refractivity contribution in [3.63, 3.8) is 0 Å². The molecule has 25 heavy (non-hydrogen) atoms. The molecule has 0 saturated carbocycles. The number of hydrogen-bond donors (Lipinski definition) is 1. The highest BCUT2D eigenvalue weighted by Crippen LogP contribution is 2.42. The van der Waals surface area contributed by atoms with E-state index in [1.165, 1.54) is 7.11 Å². The van der Waals surface area contributed by atoms with E-state index in [2.05, 4.69) is 11.0 Å². The van der Waals surface area contributed by atoms with Gasteiger partial charge in [-0.1, -0.05) is 12.1 Å². The third-order valence-corrected chi connectivity index (χ3v) is 5.57. The first-order valence-electron chi connectivity index (χ1n) is 8.69. The Balaban J connectivity index is 1.67. The summed E-state index contributed by atoms with van der Waals surface area (Å²) in [5, 5.41) is 19.0. The van der Waals surface area contributed by atoms with Crippen LogP contribution in [0.1, 0.15) is 17.5 Å². The number of carbonyl (C=O) groups is 1. The molecule has 134 valence electrons. The summed E-state index contributed by atoms with van der Waals surface area (Å²) >= 11 is 0.